The van der Waals surface area contributed by atoms with Crippen LogP contribution in [0.15, 0.2) is 152 Å². The van der Waals surface area contributed by atoms with Gasteiger partial charge in [-0.25, -0.2) is 15.0 Å². The molecule has 3 heteroatoms. The predicted octanol–water partition coefficient (Wildman–Crippen LogP) is 11.6. The third-order valence-corrected chi connectivity index (χ3v) is 10.5. The number of benzene rings is 7. The van der Waals surface area contributed by atoms with Crippen LogP contribution in [0.5, 0.6) is 0 Å². The summed E-state index contributed by atoms with van der Waals surface area (Å²) in [5.74, 6) is 2.01. The zero-order valence-corrected chi connectivity index (χ0v) is 27.3. The van der Waals surface area contributed by atoms with E-state index in [1.54, 1.807) is 0 Å². The first-order chi connectivity index (χ1) is 24.0. The summed E-state index contributed by atoms with van der Waals surface area (Å²) in [7, 11) is 0. The van der Waals surface area contributed by atoms with E-state index in [2.05, 4.69) is 129 Å². The third kappa shape index (κ3) is 4.19. The molecule has 0 radical (unpaired) electrons. The molecule has 0 fully saturated rings. The van der Waals surface area contributed by atoms with Crippen LogP contribution >= 0.6 is 0 Å². The Morgan fingerprint density at radius 1 is 0.347 bits per heavy atom. The number of aromatic nitrogens is 3. The van der Waals surface area contributed by atoms with Crippen molar-refractivity contribution in [3.8, 4) is 78.7 Å². The fourth-order valence-electron chi connectivity index (χ4n) is 8.07. The zero-order chi connectivity index (χ0) is 32.7. The molecule has 0 saturated carbocycles. The van der Waals surface area contributed by atoms with Crippen molar-refractivity contribution in [1.82, 2.24) is 15.0 Å². The van der Waals surface area contributed by atoms with Crippen LogP contribution in [-0.4, -0.2) is 15.0 Å². The normalized spacial score (nSPS) is 13.3. The summed E-state index contributed by atoms with van der Waals surface area (Å²) in [6.45, 7) is 4.66. The summed E-state index contributed by atoms with van der Waals surface area (Å²) >= 11 is 0. The summed E-state index contributed by atoms with van der Waals surface area (Å²) in [5, 5.41) is 2.65. The largest absolute Gasteiger partial charge is 0.208 e. The first kappa shape index (κ1) is 27.9. The Balaban J connectivity index is 1.13. The fourth-order valence-corrected chi connectivity index (χ4v) is 8.07. The maximum Gasteiger partial charge on any atom is 0.164 e. The molecule has 0 atom stereocenters. The standard InChI is InChI=1S/C46H31N3/c1-46(2)40-24-20-30(32-22-23-37-34-17-10-9-16-33(34)36-19-11-18-35(32)42(36)37)26-38(40)39-27-31(21-25-41(39)46)45-48-43(28-12-5-3-6-13-28)47-44(49-45)29-14-7-4-8-15-29/h3-27H,1-2H3. The number of rotatable bonds is 4. The summed E-state index contributed by atoms with van der Waals surface area (Å²) < 4.78 is 0. The lowest BCUT2D eigenvalue weighted by molar-refractivity contribution is 0.660. The second kappa shape index (κ2) is 10.4. The monoisotopic (exact) mass is 625 g/mol. The first-order valence-corrected chi connectivity index (χ1v) is 16.9. The Bertz CT molecular complexity index is 2530. The van der Waals surface area contributed by atoms with Crippen molar-refractivity contribution in [3.05, 3.63) is 163 Å². The van der Waals surface area contributed by atoms with Crippen molar-refractivity contribution in [3.63, 3.8) is 0 Å². The molecule has 0 saturated heterocycles. The fraction of sp³-hybridized carbons (Fsp3) is 0.0652. The van der Waals surface area contributed by atoms with Gasteiger partial charge in [-0.3, -0.25) is 0 Å². The molecule has 2 aliphatic carbocycles. The van der Waals surface area contributed by atoms with Gasteiger partial charge in [0, 0.05) is 22.1 Å². The van der Waals surface area contributed by atoms with Gasteiger partial charge in [-0.1, -0.05) is 153 Å². The minimum atomic E-state index is -0.130. The van der Waals surface area contributed by atoms with Crippen LogP contribution < -0.4 is 0 Å². The van der Waals surface area contributed by atoms with Gasteiger partial charge in [0.15, 0.2) is 17.5 Å². The van der Waals surface area contributed by atoms with E-state index < -0.39 is 0 Å². The molecular formula is C46H31N3. The van der Waals surface area contributed by atoms with Crippen LogP contribution in [0.1, 0.15) is 25.0 Å². The van der Waals surface area contributed by atoms with Gasteiger partial charge in [-0.15, -0.1) is 0 Å². The van der Waals surface area contributed by atoms with Crippen LogP contribution in [0.3, 0.4) is 0 Å². The molecule has 10 rings (SSSR count). The lowest BCUT2D eigenvalue weighted by Gasteiger charge is -2.21. The minimum Gasteiger partial charge on any atom is -0.208 e. The SMILES string of the molecule is CC1(C)c2ccc(-c3nc(-c4ccccc4)nc(-c4ccccc4)n3)cc2-c2cc(-c3ccc4c5c(cccc35)-c3ccccc3-4)ccc21. The highest BCUT2D eigenvalue weighted by atomic mass is 15.0. The molecule has 1 heterocycles. The van der Waals surface area contributed by atoms with Crippen molar-refractivity contribution < 1.29 is 0 Å². The van der Waals surface area contributed by atoms with E-state index in [1.807, 2.05) is 36.4 Å². The number of hydrogen-bond donors (Lipinski definition) is 0. The highest BCUT2D eigenvalue weighted by molar-refractivity contribution is 6.18. The molecule has 0 unspecified atom stereocenters. The third-order valence-electron chi connectivity index (χ3n) is 10.5. The first-order valence-electron chi connectivity index (χ1n) is 16.9. The molecule has 0 amide bonds. The van der Waals surface area contributed by atoms with Crippen molar-refractivity contribution in [1.29, 1.82) is 0 Å². The molecule has 0 bridgehead atoms. The Hall–Kier alpha value is -6.19. The Labute approximate surface area is 285 Å². The highest BCUT2D eigenvalue weighted by Gasteiger charge is 2.36. The molecule has 1 aromatic heterocycles. The summed E-state index contributed by atoms with van der Waals surface area (Å²) in [6.07, 6.45) is 0. The predicted molar refractivity (Wildman–Crippen MR) is 201 cm³/mol. The van der Waals surface area contributed by atoms with Gasteiger partial charge in [0.25, 0.3) is 0 Å². The number of fused-ring (bicyclic) bond motifs is 6. The Morgan fingerprint density at radius 3 is 1.43 bits per heavy atom. The van der Waals surface area contributed by atoms with Gasteiger partial charge in [-0.2, -0.15) is 0 Å². The number of nitrogens with zero attached hydrogens (tertiary/aromatic N) is 3. The van der Waals surface area contributed by atoms with Gasteiger partial charge < -0.3 is 0 Å². The molecule has 3 nitrogen and oxygen atoms in total. The van der Waals surface area contributed by atoms with E-state index in [0.29, 0.717) is 17.5 Å². The van der Waals surface area contributed by atoms with E-state index in [9.17, 15) is 0 Å². The second-order valence-electron chi connectivity index (χ2n) is 13.6. The molecule has 2 aliphatic rings. The highest BCUT2D eigenvalue weighted by Crippen LogP contribution is 2.52. The van der Waals surface area contributed by atoms with Gasteiger partial charge in [0.2, 0.25) is 0 Å². The summed E-state index contributed by atoms with van der Waals surface area (Å²) in [5.41, 5.74) is 15.7. The zero-order valence-electron chi connectivity index (χ0n) is 27.3. The second-order valence-corrected chi connectivity index (χ2v) is 13.6. The average Bonchev–Trinajstić information content (AvgIpc) is 3.61. The van der Waals surface area contributed by atoms with Gasteiger partial charge in [0.1, 0.15) is 0 Å². The molecule has 0 N–H and O–H groups in total. The van der Waals surface area contributed by atoms with Crippen LogP contribution in [-0.2, 0) is 5.41 Å². The van der Waals surface area contributed by atoms with Crippen molar-refractivity contribution in [2.75, 3.05) is 0 Å². The molecule has 8 aromatic rings. The van der Waals surface area contributed by atoms with Crippen LogP contribution in [0.4, 0.5) is 0 Å². The molecule has 49 heavy (non-hydrogen) atoms. The Kier molecular flexibility index (Phi) is 5.92. The van der Waals surface area contributed by atoms with E-state index in [4.69, 9.17) is 15.0 Å². The van der Waals surface area contributed by atoms with Gasteiger partial charge in [-0.05, 0) is 78.5 Å². The van der Waals surface area contributed by atoms with Crippen molar-refractivity contribution in [2.24, 2.45) is 0 Å². The lowest BCUT2D eigenvalue weighted by atomic mass is 9.82. The smallest absolute Gasteiger partial charge is 0.164 e. The quantitative estimate of drug-likeness (QED) is 0.195. The van der Waals surface area contributed by atoms with Crippen LogP contribution in [0.25, 0.3) is 89.4 Å². The summed E-state index contributed by atoms with van der Waals surface area (Å²) in [6, 6.07) is 54.2. The van der Waals surface area contributed by atoms with E-state index in [1.165, 1.54) is 66.4 Å². The average molecular weight is 626 g/mol. The maximum atomic E-state index is 5.03. The lowest BCUT2D eigenvalue weighted by Crippen LogP contribution is -2.14. The van der Waals surface area contributed by atoms with E-state index in [0.717, 1.165) is 16.7 Å². The topological polar surface area (TPSA) is 38.7 Å². The molecule has 7 aromatic carbocycles. The van der Waals surface area contributed by atoms with E-state index in [-0.39, 0.29) is 5.41 Å². The van der Waals surface area contributed by atoms with Crippen LogP contribution in [0.2, 0.25) is 0 Å². The van der Waals surface area contributed by atoms with Gasteiger partial charge in [0.05, 0.1) is 0 Å². The van der Waals surface area contributed by atoms with Gasteiger partial charge >= 0.3 is 0 Å². The summed E-state index contributed by atoms with van der Waals surface area (Å²) in [4.78, 5) is 15.0. The molecular weight excluding hydrogens is 595 g/mol. The molecule has 0 aliphatic heterocycles. The van der Waals surface area contributed by atoms with Crippen molar-refractivity contribution in [2.45, 2.75) is 19.3 Å². The number of hydrogen-bond acceptors (Lipinski definition) is 3. The van der Waals surface area contributed by atoms with Crippen LogP contribution in [0, 0.1) is 0 Å². The van der Waals surface area contributed by atoms with E-state index >= 15 is 0 Å². The maximum absolute atomic E-state index is 5.03. The molecule has 230 valence electrons. The van der Waals surface area contributed by atoms with Crippen molar-refractivity contribution >= 4 is 10.8 Å². The minimum absolute atomic E-state index is 0.130. The Morgan fingerprint density at radius 2 is 0.816 bits per heavy atom. The molecule has 0 spiro atoms.